The van der Waals surface area contributed by atoms with Crippen molar-refractivity contribution in [3.05, 3.63) is 47.5 Å². The van der Waals surface area contributed by atoms with Crippen LogP contribution in [0.3, 0.4) is 0 Å². The number of hydrogen-bond donors (Lipinski definition) is 0. The smallest absolute Gasteiger partial charge is 0.252 e. The van der Waals surface area contributed by atoms with Crippen molar-refractivity contribution in [1.29, 1.82) is 0 Å². The van der Waals surface area contributed by atoms with Crippen molar-refractivity contribution in [2.24, 2.45) is 34.5 Å². The predicted octanol–water partition coefficient (Wildman–Crippen LogP) is 5.96. The number of methoxy groups -OCH3 is 1. The SMILES string of the molecule is COC(Cc1ccccc1)C(=O)N(C)[C@H]1CC[C@@]2(C)C(=CC[C@H]3C4CC[C@@H]5[C@H](C)N(C)C[C@]45CC[C@@H]32)C1. The first kappa shape index (κ1) is 25.6. The van der Waals surface area contributed by atoms with E-state index in [1.807, 2.05) is 30.1 Å². The highest BCUT2D eigenvalue weighted by Crippen LogP contribution is 2.68. The molecule has 1 amide bonds. The number of amides is 1. The summed E-state index contributed by atoms with van der Waals surface area (Å²) in [5, 5.41) is 0. The number of carbonyl (C=O) groups excluding carboxylic acids is 1. The molecule has 9 atom stereocenters. The highest BCUT2D eigenvalue weighted by molar-refractivity contribution is 5.81. The van der Waals surface area contributed by atoms with Crippen molar-refractivity contribution in [1.82, 2.24) is 9.80 Å². The average molecular weight is 505 g/mol. The fourth-order valence-electron chi connectivity index (χ4n) is 10.3. The van der Waals surface area contributed by atoms with Gasteiger partial charge in [0.15, 0.2) is 0 Å². The molecule has 0 bridgehead atoms. The summed E-state index contributed by atoms with van der Waals surface area (Å²) in [6.45, 7) is 6.41. The number of benzene rings is 1. The second-order valence-electron chi connectivity index (χ2n) is 13.6. The quantitative estimate of drug-likeness (QED) is 0.464. The normalized spacial score (nSPS) is 41.7. The average Bonchev–Trinajstić information content (AvgIpc) is 3.40. The summed E-state index contributed by atoms with van der Waals surface area (Å²) in [7, 11) is 6.06. The number of likely N-dealkylation sites (N-methyl/N-ethyl adjacent to an activating group) is 1. The zero-order valence-electron chi connectivity index (χ0n) is 23.8. The Morgan fingerprint density at radius 2 is 1.86 bits per heavy atom. The van der Waals surface area contributed by atoms with Gasteiger partial charge in [-0.3, -0.25) is 4.79 Å². The summed E-state index contributed by atoms with van der Waals surface area (Å²) in [5.74, 6) is 3.66. The predicted molar refractivity (Wildman–Crippen MR) is 149 cm³/mol. The van der Waals surface area contributed by atoms with Gasteiger partial charge in [-0.1, -0.05) is 48.9 Å². The third-order valence-corrected chi connectivity index (χ3v) is 12.4. The van der Waals surface area contributed by atoms with Gasteiger partial charge in [-0.05, 0) is 105 Å². The number of ether oxygens (including phenoxy) is 1. The number of allylic oxidation sites excluding steroid dienone is 1. The molecule has 5 aliphatic rings. The Bertz CT molecular complexity index is 1040. The number of nitrogens with zero attached hydrogens (tertiary/aromatic N) is 2. The van der Waals surface area contributed by atoms with Gasteiger partial charge in [-0.15, -0.1) is 0 Å². The van der Waals surface area contributed by atoms with Crippen molar-refractivity contribution in [2.75, 3.05) is 27.7 Å². The van der Waals surface area contributed by atoms with Crippen LogP contribution in [0.25, 0.3) is 0 Å². The zero-order valence-corrected chi connectivity index (χ0v) is 23.8. The summed E-state index contributed by atoms with van der Waals surface area (Å²) < 4.78 is 5.70. The van der Waals surface area contributed by atoms with E-state index in [1.165, 1.54) is 45.1 Å². The molecular weight excluding hydrogens is 456 g/mol. The van der Waals surface area contributed by atoms with Gasteiger partial charge in [0, 0.05) is 39.2 Å². The van der Waals surface area contributed by atoms with Crippen molar-refractivity contribution in [2.45, 2.75) is 89.8 Å². The van der Waals surface area contributed by atoms with E-state index >= 15 is 0 Å². The molecule has 1 aromatic carbocycles. The molecule has 4 fully saturated rings. The lowest BCUT2D eigenvalue weighted by atomic mass is 9.47. The van der Waals surface area contributed by atoms with Crippen LogP contribution in [0.5, 0.6) is 0 Å². The van der Waals surface area contributed by atoms with Crippen molar-refractivity contribution >= 4 is 5.91 Å². The molecule has 4 aliphatic carbocycles. The summed E-state index contributed by atoms with van der Waals surface area (Å²) in [6, 6.07) is 11.3. The summed E-state index contributed by atoms with van der Waals surface area (Å²) >= 11 is 0. The van der Waals surface area contributed by atoms with Crippen LogP contribution in [0.2, 0.25) is 0 Å². The zero-order chi connectivity index (χ0) is 25.9. The molecule has 1 spiro atoms. The molecule has 202 valence electrons. The fraction of sp³-hybridized carbons (Fsp3) is 0.727. The Morgan fingerprint density at radius 1 is 1.11 bits per heavy atom. The molecule has 2 unspecified atom stereocenters. The van der Waals surface area contributed by atoms with Gasteiger partial charge in [0.25, 0.3) is 5.91 Å². The second kappa shape index (κ2) is 9.52. The minimum atomic E-state index is -0.415. The van der Waals surface area contributed by atoms with Crippen molar-refractivity contribution < 1.29 is 9.53 Å². The monoisotopic (exact) mass is 504 g/mol. The van der Waals surface area contributed by atoms with Crippen LogP contribution >= 0.6 is 0 Å². The van der Waals surface area contributed by atoms with Crippen molar-refractivity contribution in [3.63, 3.8) is 0 Å². The maximum Gasteiger partial charge on any atom is 0.252 e. The van der Waals surface area contributed by atoms with E-state index in [4.69, 9.17) is 4.74 Å². The van der Waals surface area contributed by atoms with Crippen LogP contribution in [-0.2, 0) is 16.0 Å². The van der Waals surface area contributed by atoms with Crippen LogP contribution in [0.1, 0.15) is 70.8 Å². The fourth-order valence-corrected chi connectivity index (χ4v) is 10.3. The molecule has 1 aliphatic heterocycles. The molecule has 4 nitrogen and oxygen atoms in total. The highest BCUT2D eigenvalue weighted by atomic mass is 16.5. The molecule has 4 heteroatoms. The van der Waals surface area contributed by atoms with E-state index in [0.717, 1.165) is 48.1 Å². The molecule has 0 aromatic heterocycles. The van der Waals surface area contributed by atoms with Gasteiger partial charge in [0.05, 0.1) is 0 Å². The van der Waals surface area contributed by atoms with E-state index in [0.29, 0.717) is 17.3 Å². The summed E-state index contributed by atoms with van der Waals surface area (Å²) in [6.07, 6.45) is 13.3. The molecule has 0 radical (unpaired) electrons. The van der Waals surface area contributed by atoms with Crippen LogP contribution in [0.4, 0.5) is 0 Å². The maximum atomic E-state index is 13.5. The Labute approximate surface area is 224 Å². The number of hydrogen-bond acceptors (Lipinski definition) is 3. The van der Waals surface area contributed by atoms with Crippen LogP contribution in [-0.4, -0.2) is 61.6 Å². The van der Waals surface area contributed by atoms with Crippen LogP contribution in [0.15, 0.2) is 42.0 Å². The Morgan fingerprint density at radius 3 is 2.62 bits per heavy atom. The van der Waals surface area contributed by atoms with E-state index in [2.05, 4.69) is 44.0 Å². The molecule has 1 heterocycles. The highest BCUT2D eigenvalue weighted by Gasteiger charge is 2.64. The molecule has 1 saturated heterocycles. The number of likely N-dealkylation sites (tertiary alicyclic amines) is 1. The molecule has 1 aromatic rings. The third kappa shape index (κ3) is 3.95. The van der Waals surface area contributed by atoms with Gasteiger partial charge >= 0.3 is 0 Å². The minimum Gasteiger partial charge on any atom is -0.371 e. The summed E-state index contributed by atoms with van der Waals surface area (Å²) in [5.41, 5.74) is 3.73. The van der Waals surface area contributed by atoms with Crippen LogP contribution in [0, 0.1) is 34.5 Å². The van der Waals surface area contributed by atoms with Gasteiger partial charge in [0.2, 0.25) is 0 Å². The number of carbonyl (C=O) groups is 1. The number of rotatable bonds is 5. The molecular formula is C33H48N2O2. The molecule has 6 rings (SSSR count). The van der Waals surface area contributed by atoms with Gasteiger partial charge in [-0.2, -0.15) is 0 Å². The first-order chi connectivity index (χ1) is 17.8. The molecule has 0 N–H and O–H groups in total. The first-order valence-corrected chi connectivity index (χ1v) is 15.0. The van der Waals surface area contributed by atoms with E-state index in [9.17, 15) is 4.79 Å². The topological polar surface area (TPSA) is 32.8 Å². The van der Waals surface area contributed by atoms with E-state index in [1.54, 1.807) is 12.7 Å². The lowest BCUT2D eigenvalue weighted by Crippen LogP contribution is -2.53. The van der Waals surface area contributed by atoms with Gasteiger partial charge in [0.1, 0.15) is 6.10 Å². The lowest BCUT2D eigenvalue weighted by molar-refractivity contribution is -0.143. The first-order valence-electron chi connectivity index (χ1n) is 15.0. The molecule has 37 heavy (non-hydrogen) atoms. The number of fused-ring (bicyclic) bond motifs is 4. The van der Waals surface area contributed by atoms with E-state index < -0.39 is 6.10 Å². The third-order valence-electron chi connectivity index (χ3n) is 12.4. The minimum absolute atomic E-state index is 0.130. The Kier molecular flexibility index (Phi) is 6.59. The lowest BCUT2D eigenvalue weighted by Gasteiger charge is -2.58. The van der Waals surface area contributed by atoms with E-state index in [-0.39, 0.29) is 11.9 Å². The maximum absolute atomic E-state index is 13.5. The van der Waals surface area contributed by atoms with Gasteiger partial charge < -0.3 is 14.5 Å². The van der Waals surface area contributed by atoms with Crippen molar-refractivity contribution in [3.8, 4) is 0 Å². The Hall–Kier alpha value is -1.65. The summed E-state index contributed by atoms with van der Waals surface area (Å²) in [4.78, 5) is 18.2. The second-order valence-corrected chi connectivity index (χ2v) is 13.6. The largest absolute Gasteiger partial charge is 0.371 e. The van der Waals surface area contributed by atoms with Gasteiger partial charge in [-0.25, -0.2) is 0 Å². The molecule has 3 saturated carbocycles. The van der Waals surface area contributed by atoms with Crippen LogP contribution < -0.4 is 0 Å². The Balaban J connectivity index is 1.17. The standard InChI is InChI=1S/C33H48N2O2/c1-22-27-13-14-29-26-12-11-24-20-25(35(4)31(36)30(37-5)19-23-9-7-6-8-10-23)15-17-32(24,2)28(26)16-18-33(27,29)21-34(22)3/h6-11,22,25-30H,12-21H2,1-5H3/t22-,25-,26+,27+,28-,29?,30?,32-,33-/m0/s1.